The summed E-state index contributed by atoms with van der Waals surface area (Å²) in [6.07, 6.45) is 4.57. The summed E-state index contributed by atoms with van der Waals surface area (Å²) in [5, 5.41) is 4.25. The van der Waals surface area contributed by atoms with Gasteiger partial charge >= 0.3 is 0 Å². The van der Waals surface area contributed by atoms with Gasteiger partial charge in [0.05, 0.1) is 17.7 Å². The number of morpholine rings is 1. The van der Waals surface area contributed by atoms with Gasteiger partial charge in [0.15, 0.2) is 0 Å². The summed E-state index contributed by atoms with van der Waals surface area (Å²) in [6, 6.07) is 2.27. The first-order chi connectivity index (χ1) is 9.20. The molecule has 1 aromatic rings. The van der Waals surface area contributed by atoms with Gasteiger partial charge in [-0.2, -0.15) is 0 Å². The Labute approximate surface area is 120 Å². The van der Waals surface area contributed by atoms with Gasteiger partial charge in [0.1, 0.15) is 0 Å². The van der Waals surface area contributed by atoms with E-state index in [0.717, 1.165) is 43.2 Å². The Kier molecular flexibility index (Phi) is 5.58. The normalized spacial score (nSPS) is 22.4. The van der Waals surface area contributed by atoms with Crippen LogP contribution in [0, 0.1) is 0 Å². The first kappa shape index (κ1) is 14.7. The third kappa shape index (κ3) is 4.14. The van der Waals surface area contributed by atoms with Crippen molar-refractivity contribution >= 4 is 11.6 Å². The summed E-state index contributed by atoms with van der Waals surface area (Å²) in [6.45, 7) is 5.81. The van der Waals surface area contributed by atoms with Crippen LogP contribution in [-0.2, 0) is 11.2 Å². The average Bonchev–Trinajstić information content (AvgIpc) is 2.40. The molecule has 106 valence electrons. The van der Waals surface area contributed by atoms with Crippen molar-refractivity contribution in [2.75, 3.05) is 33.3 Å². The average molecular weight is 284 g/mol. The first-order valence-corrected chi connectivity index (χ1v) is 7.20. The third-order valence-electron chi connectivity index (χ3n) is 3.51. The highest BCUT2D eigenvalue weighted by atomic mass is 35.5. The fraction of sp³-hybridized carbons (Fsp3) is 0.643. The maximum atomic E-state index is 6.19. The SMILES string of the molecule is CCNC(Cc1ccncc1Cl)C1CN(C)CCO1. The van der Waals surface area contributed by atoms with Gasteiger partial charge in [-0.05, 0) is 31.6 Å². The van der Waals surface area contributed by atoms with Gasteiger partial charge in [-0.15, -0.1) is 0 Å². The number of nitrogens with one attached hydrogen (secondary N) is 1. The number of rotatable bonds is 5. The van der Waals surface area contributed by atoms with Gasteiger partial charge in [0.2, 0.25) is 0 Å². The minimum atomic E-state index is 0.211. The zero-order valence-corrected chi connectivity index (χ0v) is 12.4. The summed E-state index contributed by atoms with van der Waals surface area (Å²) in [7, 11) is 2.14. The van der Waals surface area contributed by atoms with Crippen LogP contribution in [0.15, 0.2) is 18.5 Å². The van der Waals surface area contributed by atoms with E-state index in [1.807, 2.05) is 6.07 Å². The molecule has 0 saturated carbocycles. The van der Waals surface area contributed by atoms with E-state index in [1.165, 1.54) is 0 Å². The molecule has 0 amide bonds. The van der Waals surface area contributed by atoms with Crippen molar-refractivity contribution in [1.82, 2.24) is 15.2 Å². The Hall–Kier alpha value is -0.680. The van der Waals surface area contributed by atoms with Crippen LogP contribution >= 0.6 is 11.6 Å². The number of aromatic nitrogens is 1. The van der Waals surface area contributed by atoms with Crippen LogP contribution in [0.5, 0.6) is 0 Å². The number of hydrogen-bond donors (Lipinski definition) is 1. The summed E-state index contributed by atoms with van der Waals surface area (Å²) in [5.41, 5.74) is 1.12. The monoisotopic (exact) mass is 283 g/mol. The second-order valence-corrected chi connectivity index (χ2v) is 5.41. The van der Waals surface area contributed by atoms with E-state index < -0.39 is 0 Å². The molecule has 5 heteroatoms. The van der Waals surface area contributed by atoms with E-state index in [2.05, 4.69) is 29.2 Å². The van der Waals surface area contributed by atoms with Crippen molar-refractivity contribution in [3.63, 3.8) is 0 Å². The van der Waals surface area contributed by atoms with E-state index in [9.17, 15) is 0 Å². The molecule has 0 bridgehead atoms. The maximum absolute atomic E-state index is 6.19. The highest BCUT2D eigenvalue weighted by Gasteiger charge is 2.26. The molecule has 0 aliphatic carbocycles. The molecule has 1 aliphatic rings. The van der Waals surface area contributed by atoms with Crippen LogP contribution in [0.1, 0.15) is 12.5 Å². The van der Waals surface area contributed by atoms with Crippen LogP contribution in [0.25, 0.3) is 0 Å². The molecular weight excluding hydrogens is 262 g/mol. The molecular formula is C14H22ClN3O. The minimum absolute atomic E-state index is 0.211. The molecule has 2 atom stereocenters. The predicted octanol–water partition coefficient (Wildman–Crippen LogP) is 1.59. The molecule has 0 aromatic carbocycles. The zero-order valence-electron chi connectivity index (χ0n) is 11.6. The van der Waals surface area contributed by atoms with Gasteiger partial charge in [-0.3, -0.25) is 4.98 Å². The molecule has 1 fully saturated rings. The van der Waals surface area contributed by atoms with Crippen molar-refractivity contribution in [2.24, 2.45) is 0 Å². The topological polar surface area (TPSA) is 37.4 Å². The molecule has 2 unspecified atom stereocenters. The van der Waals surface area contributed by atoms with Crippen molar-refractivity contribution in [3.8, 4) is 0 Å². The smallest absolute Gasteiger partial charge is 0.0858 e. The fourth-order valence-corrected chi connectivity index (χ4v) is 2.65. The van der Waals surface area contributed by atoms with E-state index in [1.54, 1.807) is 12.4 Å². The Balaban J connectivity index is 2.05. The Morgan fingerprint density at radius 3 is 3.16 bits per heavy atom. The van der Waals surface area contributed by atoms with E-state index >= 15 is 0 Å². The van der Waals surface area contributed by atoms with Crippen molar-refractivity contribution < 1.29 is 4.74 Å². The molecule has 1 saturated heterocycles. The van der Waals surface area contributed by atoms with Crippen molar-refractivity contribution in [1.29, 1.82) is 0 Å². The molecule has 2 rings (SSSR count). The Bertz CT molecular complexity index is 402. The quantitative estimate of drug-likeness (QED) is 0.890. The lowest BCUT2D eigenvalue weighted by atomic mass is 10.0. The summed E-state index contributed by atoms with van der Waals surface area (Å²) < 4.78 is 5.91. The second-order valence-electron chi connectivity index (χ2n) is 5.01. The Morgan fingerprint density at radius 2 is 2.47 bits per heavy atom. The number of likely N-dealkylation sites (N-methyl/N-ethyl adjacent to an activating group) is 2. The first-order valence-electron chi connectivity index (χ1n) is 6.82. The maximum Gasteiger partial charge on any atom is 0.0858 e. The number of halogens is 1. The highest BCUT2D eigenvalue weighted by molar-refractivity contribution is 6.31. The molecule has 4 nitrogen and oxygen atoms in total. The molecule has 0 radical (unpaired) electrons. The van der Waals surface area contributed by atoms with Crippen molar-refractivity contribution in [3.05, 3.63) is 29.0 Å². The van der Waals surface area contributed by atoms with Crippen LogP contribution < -0.4 is 5.32 Å². The van der Waals surface area contributed by atoms with Crippen molar-refractivity contribution in [2.45, 2.75) is 25.5 Å². The summed E-state index contributed by atoms with van der Waals surface area (Å²) >= 11 is 6.19. The van der Waals surface area contributed by atoms with Gasteiger partial charge in [-0.1, -0.05) is 18.5 Å². The number of hydrogen-bond acceptors (Lipinski definition) is 4. The van der Waals surface area contributed by atoms with Crippen LogP contribution in [0.4, 0.5) is 0 Å². The molecule has 1 aliphatic heterocycles. The van der Waals surface area contributed by atoms with E-state index in [0.29, 0.717) is 0 Å². The number of nitrogens with zero attached hydrogens (tertiary/aromatic N) is 2. The molecule has 2 heterocycles. The Morgan fingerprint density at radius 1 is 1.63 bits per heavy atom. The fourth-order valence-electron chi connectivity index (χ4n) is 2.46. The van der Waals surface area contributed by atoms with Gasteiger partial charge in [-0.25, -0.2) is 0 Å². The van der Waals surface area contributed by atoms with Crippen LogP contribution in [0.3, 0.4) is 0 Å². The number of pyridine rings is 1. The third-order valence-corrected chi connectivity index (χ3v) is 3.85. The van der Waals surface area contributed by atoms with Gasteiger partial charge in [0.25, 0.3) is 0 Å². The molecule has 19 heavy (non-hydrogen) atoms. The largest absolute Gasteiger partial charge is 0.374 e. The lowest BCUT2D eigenvalue weighted by Gasteiger charge is -2.35. The van der Waals surface area contributed by atoms with E-state index in [-0.39, 0.29) is 12.1 Å². The zero-order chi connectivity index (χ0) is 13.7. The highest BCUT2D eigenvalue weighted by Crippen LogP contribution is 2.18. The molecule has 1 N–H and O–H groups in total. The van der Waals surface area contributed by atoms with Crippen LogP contribution in [-0.4, -0.2) is 55.3 Å². The minimum Gasteiger partial charge on any atom is -0.374 e. The summed E-state index contributed by atoms with van der Waals surface area (Å²) in [4.78, 5) is 6.34. The molecule has 1 aromatic heterocycles. The molecule has 0 spiro atoms. The summed E-state index contributed by atoms with van der Waals surface area (Å²) in [5.74, 6) is 0. The lowest BCUT2D eigenvalue weighted by Crippen LogP contribution is -2.52. The lowest BCUT2D eigenvalue weighted by molar-refractivity contribution is -0.0381. The second kappa shape index (κ2) is 7.20. The number of ether oxygens (including phenoxy) is 1. The van der Waals surface area contributed by atoms with Crippen LogP contribution in [0.2, 0.25) is 5.02 Å². The van der Waals surface area contributed by atoms with E-state index in [4.69, 9.17) is 16.3 Å². The standard InChI is InChI=1S/C14H22ClN3O/c1-3-17-13(14-10-18(2)6-7-19-14)8-11-4-5-16-9-12(11)15/h4-5,9,13-14,17H,3,6-8,10H2,1-2H3. The predicted molar refractivity (Wildman–Crippen MR) is 77.7 cm³/mol. The van der Waals surface area contributed by atoms with Gasteiger partial charge < -0.3 is 15.0 Å². The van der Waals surface area contributed by atoms with Gasteiger partial charge in [0, 0.05) is 31.5 Å².